The fourth-order valence-electron chi connectivity index (χ4n) is 2.02. The molecule has 130 valence electrons. The Hall–Kier alpha value is -1.66. The van der Waals surface area contributed by atoms with Gasteiger partial charge in [-0.15, -0.1) is 0 Å². The van der Waals surface area contributed by atoms with Gasteiger partial charge in [0.2, 0.25) is 0 Å². The number of hydrogen-bond donors (Lipinski definition) is 2. The van der Waals surface area contributed by atoms with Crippen LogP contribution in [0, 0.1) is 6.92 Å². The van der Waals surface area contributed by atoms with Crippen LogP contribution >= 0.6 is 0 Å². The average molecular weight is 323 g/mol. The summed E-state index contributed by atoms with van der Waals surface area (Å²) in [7, 11) is 0. The van der Waals surface area contributed by atoms with Crippen LogP contribution in [0.25, 0.3) is 0 Å². The lowest BCUT2D eigenvalue weighted by atomic mass is 10.1. The number of carbonyl (C=O) groups is 1. The van der Waals surface area contributed by atoms with Crippen molar-refractivity contribution in [2.75, 3.05) is 19.6 Å². The van der Waals surface area contributed by atoms with E-state index in [1.807, 2.05) is 40.0 Å². The van der Waals surface area contributed by atoms with Crippen LogP contribution in [0.15, 0.2) is 18.5 Å². The number of amides is 1. The van der Waals surface area contributed by atoms with Gasteiger partial charge in [0.1, 0.15) is 5.60 Å². The molecule has 0 saturated carbocycles. The second-order valence-corrected chi connectivity index (χ2v) is 6.75. The van der Waals surface area contributed by atoms with Crippen LogP contribution in [0.4, 0.5) is 4.79 Å². The topological polar surface area (TPSA) is 74.7 Å². The van der Waals surface area contributed by atoms with Gasteiger partial charge in [0.25, 0.3) is 0 Å². The monoisotopic (exact) mass is 323 g/mol. The summed E-state index contributed by atoms with van der Waals surface area (Å²) in [4.78, 5) is 17.8. The van der Waals surface area contributed by atoms with E-state index in [1.54, 1.807) is 13.1 Å². The molecule has 1 rings (SSSR count). The number of rotatable bonds is 7. The molecule has 0 aliphatic carbocycles. The summed E-state index contributed by atoms with van der Waals surface area (Å²) in [5.41, 5.74) is 1.76. The molecule has 23 heavy (non-hydrogen) atoms. The number of aryl methyl sites for hydroxylation is 1. The Morgan fingerprint density at radius 2 is 2.17 bits per heavy atom. The van der Waals surface area contributed by atoms with Gasteiger partial charge in [0.05, 0.1) is 6.10 Å². The summed E-state index contributed by atoms with van der Waals surface area (Å²) >= 11 is 0. The molecule has 2 N–H and O–H groups in total. The Bertz CT molecular complexity index is 498. The van der Waals surface area contributed by atoms with Gasteiger partial charge in [-0.05, 0) is 51.8 Å². The van der Waals surface area contributed by atoms with E-state index in [4.69, 9.17) is 4.74 Å². The fraction of sp³-hybridized carbons (Fsp3) is 0.647. The standard InChI is InChI=1S/C17H29N3O3/c1-13-6-7-18-10-15(13)11-19-8-9-20(12-14(2)21)16(22)23-17(3,4)5/h6-7,10,14,19,21H,8-9,11-12H2,1-5H3. The van der Waals surface area contributed by atoms with E-state index in [2.05, 4.69) is 10.3 Å². The highest BCUT2D eigenvalue weighted by Gasteiger charge is 2.22. The molecule has 0 aliphatic heterocycles. The minimum atomic E-state index is -0.594. The van der Waals surface area contributed by atoms with Crippen LogP contribution in [0.2, 0.25) is 0 Å². The number of carbonyl (C=O) groups excluding carboxylic acids is 1. The molecule has 0 fully saturated rings. The molecular formula is C17H29N3O3. The molecule has 1 atom stereocenters. The quantitative estimate of drug-likeness (QED) is 0.752. The minimum Gasteiger partial charge on any atom is -0.444 e. The van der Waals surface area contributed by atoms with Gasteiger partial charge in [-0.1, -0.05) is 0 Å². The van der Waals surface area contributed by atoms with E-state index in [9.17, 15) is 9.90 Å². The van der Waals surface area contributed by atoms with Crippen molar-refractivity contribution in [3.05, 3.63) is 29.6 Å². The molecule has 0 bridgehead atoms. The Labute approximate surface area is 138 Å². The highest BCUT2D eigenvalue weighted by Crippen LogP contribution is 2.10. The summed E-state index contributed by atoms with van der Waals surface area (Å²) < 4.78 is 5.37. The minimum absolute atomic E-state index is 0.252. The van der Waals surface area contributed by atoms with Gasteiger partial charge in [-0.2, -0.15) is 0 Å². The van der Waals surface area contributed by atoms with Crippen molar-refractivity contribution in [1.29, 1.82) is 0 Å². The Balaban J connectivity index is 2.48. The summed E-state index contributed by atoms with van der Waals surface area (Å²) in [6.45, 7) is 11.2. The molecule has 0 aliphatic rings. The van der Waals surface area contributed by atoms with Crippen molar-refractivity contribution in [1.82, 2.24) is 15.2 Å². The van der Waals surface area contributed by atoms with Crippen molar-refractivity contribution in [3.63, 3.8) is 0 Å². The third kappa shape index (κ3) is 7.95. The Morgan fingerprint density at radius 1 is 1.48 bits per heavy atom. The second kappa shape index (κ2) is 8.84. The lowest BCUT2D eigenvalue weighted by molar-refractivity contribution is 0.0164. The Kier molecular flexibility index (Phi) is 7.45. The van der Waals surface area contributed by atoms with Crippen molar-refractivity contribution >= 4 is 6.09 Å². The van der Waals surface area contributed by atoms with Crippen molar-refractivity contribution < 1.29 is 14.6 Å². The van der Waals surface area contributed by atoms with Crippen molar-refractivity contribution in [3.8, 4) is 0 Å². The van der Waals surface area contributed by atoms with E-state index in [1.165, 1.54) is 10.5 Å². The SMILES string of the molecule is Cc1ccncc1CNCCN(CC(C)O)C(=O)OC(C)(C)C. The normalized spacial score (nSPS) is 12.8. The fourth-order valence-corrected chi connectivity index (χ4v) is 2.02. The van der Waals surface area contributed by atoms with Gasteiger partial charge in [0, 0.05) is 38.6 Å². The predicted octanol–water partition coefficient (Wildman–Crippen LogP) is 2.10. The number of aromatic nitrogens is 1. The number of nitrogens with one attached hydrogen (secondary N) is 1. The van der Waals surface area contributed by atoms with Crippen LogP contribution in [0.5, 0.6) is 0 Å². The molecule has 1 heterocycles. The number of aliphatic hydroxyl groups excluding tert-OH is 1. The van der Waals surface area contributed by atoms with E-state index >= 15 is 0 Å². The zero-order chi connectivity index (χ0) is 17.5. The van der Waals surface area contributed by atoms with Crippen LogP contribution in [-0.4, -0.2) is 52.4 Å². The first kappa shape index (κ1) is 19.4. The van der Waals surface area contributed by atoms with E-state index < -0.39 is 17.8 Å². The summed E-state index contributed by atoms with van der Waals surface area (Å²) in [6, 6.07) is 1.97. The second-order valence-electron chi connectivity index (χ2n) is 6.75. The zero-order valence-corrected chi connectivity index (χ0v) is 14.8. The van der Waals surface area contributed by atoms with Crippen LogP contribution < -0.4 is 5.32 Å². The molecule has 0 saturated heterocycles. The first-order valence-electron chi connectivity index (χ1n) is 7.95. The first-order chi connectivity index (χ1) is 10.7. The lowest BCUT2D eigenvalue weighted by Crippen LogP contribution is -2.43. The molecule has 6 nitrogen and oxygen atoms in total. The van der Waals surface area contributed by atoms with E-state index in [0.29, 0.717) is 19.6 Å². The number of pyridine rings is 1. The van der Waals surface area contributed by atoms with Gasteiger partial charge < -0.3 is 20.1 Å². The van der Waals surface area contributed by atoms with Crippen LogP contribution in [-0.2, 0) is 11.3 Å². The molecule has 0 aromatic carbocycles. The lowest BCUT2D eigenvalue weighted by Gasteiger charge is -2.28. The molecule has 1 unspecified atom stereocenters. The predicted molar refractivity (Wildman–Crippen MR) is 90.2 cm³/mol. The molecule has 0 radical (unpaired) electrons. The molecule has 6 heteroatoms. The van der Waals surface area contributed by atoms with Crippen molar-refractivity contribution in [2.24, 2.45) is 0 Å². The third-order valence-corrected chi connectivity index (χ3v) is 3.16. The third-order valence-electron chi connectivity index (χ3n) is 3.16. The van der Waals surface area contributed by atoms with Crippen molar-refractivity contribution in [2.45, 2.75) is 52.9 Å². The molecule has 1 amide bonds. The van der Waals surface area contributed by atoms with Crippen LogP contribution in [0.3, 0.4) is 0 Å². The highest BCUT2D eigenvalue weighted by molar-refractivity contribution is 5.68. The molecule has 1 aromatic heterocycles. The van der Waals surface area contributed by atoms with E-state index in [-0.39, 0.29) is 6.54 Å². The Morgan fingerprint density at radius 3 is 2.74 bits per heavy atom. The number of nitrogens with zero attached hydrogens (tertiary/aromatic N) is 2. The highest BCUT2D eigenvalue weighted by atomic mass is 16.6. The molecule has 1 aromatic rings. The van der Waals surface area contributed by atoms with Gasteiger partial charge in [0.15, 0.2) is 0 Å². The van der Waals surface area contributed by atoms with Gasteiger partial charge in [-0.3, -0.25) is 4.98 Å². The van der Waals surface area contributed by atoms with E-state index in [0.717, 1.165) is 5.56 Å². The number of ether oxygens (including phenoxy) is 1. The largest absolute Gasteiger partial charge is 0.444 e. The zero-order valence-electron chi connectivity index (χ0n) is 14.8. The maximum absolute atomic E-state index is 12.2. The number of aliphatic hydroxyl groups is 1. The molecular weight excluding hydrogens is 294 g/mol. The first-order valence-corrected chi connectivity index (χ1v) is 7.95. The van der Waals surface area contributed by atoms with Crippen LogP contribution in [0.1, 0.15) is 38.8 Å². The average Bonchev–Trinajstić information content (AvgIpc) is 2.41. The van der Waals surface area contributed by atoms with Gasteiger partial charge in [-0.25, -0.2) is 4.79 Å². The maximum atomic E-state index is 12.2. The molecule has 0 spiro atoms. The summed E-state index contributed by atoms with van der Waals surface area (Å²) in [5, 5.41) is 12.9. The summed E-state index contributed by atoms with van der Waals surface area (Å²) in [6.07, 6.45) is 2.61. The smallest absolute Gasteiger partial charge is 0.410 e. The summed E-state index contributed by atoms with van der Waals surface area (Å²) in [5.74, 6) is 0. The van der Waals surface area contributed by atoms with Gasteiger partial charge >= 0.3 is 6.09 Å². The number of hydrogen-bond acceptors (Lipinski definition) is 5. The maximum Gasteiger partial charge on any atom is 0.410 e.